The van der Waals surface area contributed by atoms with Crippen molar-refractivity contribution in [3.05, 3.63) is 12.1 Å². The number of nitrogens with one attached hydrogen (secondary N) is 2. The van der Waals surface area contributed by atoms with E-state index in [9.17, 15) is 9.59 Å². The van der Waals surface area contributed by atoms with Gasteiger partial charge in [0.1, 0.15) is 11.5 Å². The van der Waals surface area contributed by atoms with Crippen LogP contribution in [0.2, 0.25) is 0 Å². The van der Waals surface area contributed by atoms with Crippen LogP contribution in [0.4, 0.5) is 11.4 Å². The van der Waals surface area contributed by atoms with Crippen molar-refractivity contribution in [2.24, 2.45) is 23.2 Å². The van der Waals surface area contributed by atoms with Crippen molar-refractivity contribution in [1.82, 2.24) is 0 Å². The molecule has 4 aliphatic carbocycles. The Hall–Kier alpha value is -2.24. The van der Waals surface area contributed by atoms with Crippen LogP contribution in [-0.4, -0.2) is 26.0 Å². The number of rotatable bonds is 5. The average Bonchev–Trinajstić information content (AvgIpc) is 2.60. The van der Waals surface area contributed by atoms with Crippen LogP contribution in [0.25, 0.3) is 0 Å². The topological polar surface area (TPSA) is 76.7 Å². The Morgan fingerprint density at radius 1 is 0.889 bits per heavy atom. The van der Waals surface area contributed by atoms with Crippen LogP contribution in [0.1, 0.15) is 45.4 Å². The fourth-order valence-electron chi connectivity index (χ4n) is 5.93. The zero-order valence-electron chi connectivity index (χ0n) is 16.3. The van der Waals surface area contributed by atoms with Gasteiger partial charge in [-0.05, 0) is 56.3 Å². The molecule has 0 radical (unpaired) electrons. The van der Waals surface area contributed by atoms with Gasteiger partial charge in [-0.15, -0.1) is 0 Å². The van der Waals surface area contributed by atoms with Gasteiger partial charge >= 0.3 is 0 Å². The van der Waals surface area contributed by atoms with Crippen LogP contribution in [0.15, 0.2) is 12.1 Å². The average molecular weight is 372 g/mol. The fraction of sp³-hybridized carbons (Fsp3) is 0.619. The molecule has 2 amide bonds. The third-order valence-corrected chi connectivity index (χ3v) is 6.60. The fourth-order valence-corrected chi connectivity index (χ4v) is 5.93. The molecule has 27 heavy (non-hydrogen) atoms. The van der Waals surface area contributed by atoms with E-state index >= 15 is 0 Å². The van der Waals surface area contributed by atoms with E-state index in [-0.39, 0.29) is 17.2 Å². The molecule has 0 saturated heterocycles. The lowest BCUT2D eigenvalue weighted by Gasteiger charge is -2.55. The smallest absolute Gasteiger partial charge is 0.230 e. The lowest BCUT2D eigenvalue weighted by Crippen LogP contribution is -2.51. The molecule has 0 heterocycles. The lowest BCUT2D eigenvalue weighted by atomic mass is 9.49. The van der Waals surface area contributed by atoms with Crippen molar-refractivity contribution < 1.29 is 19.1 Å². The molecule has 1 aromatic carbocycles. The molecule has 1 aromatic rings. The maximum Gasteiger partial charge on any atom is 0.230 e. The van der Waals surface area contributed by atoms with E-state index in [2.05, 4.69) is 10.6 Å². The van der Waals surface area contributed by atoms with Crippen molar-refractivity contribution in [2.45, 2.75) is 45.4 Å². The van der Waals surface area contributed by atoms with Crippen LogP contribution < -0.4 is 20.1 Å². The van der Waals surface area contributed by atoms with Gasteiger partial charge in [-0.1, -0.05) is 0 Å². The van der Waals surface area contributed by atoms with Crippen LogP contribution in [0.5, 0.6) is 11.5 Å². The second kappa shape index (κ2) is 6.73. The second-order valence-corrected chi connectivity index (χ2v) is 8.59. The standard InChI is InChI=1S/C21H28N2O4/c1-12(24)22-16-7-19(27-3)17(8-18(16)26-2)23-20(25)21-9-13-4-14(10-21)6-15(5-13)11-21/h7-8,13-15H,4-6,9-11H2,1-3H3,(H,22,24)(H,23,25). The Labute approximate surface area is 160 Å². The third kappa shape index (κ3) is 3.26. The summed E-state index contributed by atoms with van der Waals surface area (Å²) in [5, 5.41) is 5.85. The van der Waals surface area contributed by atoms with E-state index in [0.29, 0.717) is 40.6 Å². The molecule has 0 aromatic heterocycles. The Kier molecular flexibility index (Phi) is 4.52. The molecule has 4 saturated carbocycles. The van der Waals surface area contributed by atoms with E-state index in [1.54, 1.807) is 19.2 Å². The molecular formula is C21H28N2O4. The van der Waals surface area contributed by atoms with Crippen LogP contribution in [0.3, 0.4) is 0 Å². The molecule has 6 heteroatoms. The summed E-state index contributed by atoms with van der Waals surface area (Å²) in [4.78, 5) is 24.7. The summed E-state index contributed by atoms with van der Waals surface area (Å²) >= 11 is 0. The molecule has 6 nitrogen and oxygen atoms in total. The summed E-state index contributed by atoms with van der Waals surface area (Å²) < 4.78 is 10.9. The molecular weight excluding hydrogens is 344 g/mol. The highest BCUT2D eigenvalue weighted by atomic mass is 16.5. The molecule has 4 bridgehead atoms. The van der Waals surface area contributed by atoms with E-state index in [1.165, 1.54) is 33.3 Å². The minimum Gasteiger partial charge on any atom is -0.494 e. The van der Waals surface area contributed by atoms with E-state index in [4.69, 9.17) is 9.47 Å². The Bertz CT molecular complexity index is 738. The summed E-state index contributed by atoms with van der Waals surface area (Å²) in [5.41, 5.74) is 0.877. The third-order valence-electron chi connectivity index (χ3n) is 6.60. The zero-order chi connectivity index (χ0) is 19.2. The number of hydrogen-bond acceptors (Lipinski definition) is 4. The number of ether oxygens (including phenoxy) is 2. The zero-order valence-corrected chi connectivity index (χ0v) is 16.3. The number of anilines is 2. The maximum atomic E-state index is 13.3. The minimum absolute atomic E-state index is 0.106. The van der Waals surface area contributed by atoms with Crippen LogP contribution >= 0.6 is 0 Å². The Balaban J connectivity index is 1.60. The van der Waals surface area contributed by atoms with E-state index < -0.39 is 0 Å². The molecule has 146 valence electrons. The normalized spacial score (nSPS) is 30.7. The maximum absolute atomic E-state index is 13.3. The number of hydrogen-bond donors (Lipinski definition) is 2. The molecule has 0 spiro atoms. The Morgan fingerprint density at radius 2 is 1.33 bits per heavy atom. The van der Waals surface area contributed by atoms with Crippen molar-refractivity contribution in [2.75, 3.05) is 24.9 Å². The molecule has 0 unspecified atom stereocenters. The number of methoxy groups -OCH3 is 2. The molecule has 2 N–H and O–H groups in total. The highest BCUT2D eigenvalue weighted by Crippen LogP contribution is 2.60. The summed E-state index contributed by atoms with van der Waals surface area (Å²) in [6, 6.07) is 3.41. The summed E-state index contributed by atoms with van der Waals surface area (Å²) in [6.45, 7) is 1.44. The van der Waals surface area contributed by atoms with Gasteiger partial charge < -0.3 is 20.1 Å². The van der Waals surface area contributed by atoms with Gasteiger partial charge in [0.05, 0.1) is 31.0 Å². The summed E-state index contributed by atoms with van der Waals surface area (Å²) in [5.74, 6) is 3.04. The molecule has 5 rings (SSSR count). The van der Waals surface area contributed by atoms with Crippen molar-refractivity contribution >= 4 is 23.2 Å². The number of amides is 2. The van der Waals surface area contributed by atoms with E-state index in [0.717, 1.165) is 19.3 Å². The van der Waals surface area contributed by atoms with Crippen molar-refractivity contribution in [1.29, 1.82) is 0 Å². The van der Waals surface area contributed by atoms with Gasteiger partial charge in [0.15, 0.2) is 0 Å². The summed E-state index contributed by atoms with van der Waals surface area (Å²) in [7, 11) is 3.09. The van der Waals surface area contributed by atoms with Gasteiger partial charge in [-0.3, -0.25) is 9.59 Å². The lowest BCUT2D eigenvalue weighted by molar-refractivity contribution is -0.140. The van der Waals surface area contributed by atoms with Crippen molar-refractivity contribution in [3.8, 4) is 11.5 Å². The second-order valence-electron chi connectivity index (χ2n) is 8.59. The van der Waals surface area contributed by atoms with Gasteiger partial charge in [0.2, 0.25) is 11.8 Å². The number of carbonyl (C=O) groups excluding carboxylic acids is 2. The summed E-state index contributed by atoms with van der Waals surface area (Å²) in [6.07, 6.45) is 6.93. The van der Waals surface area contributed by atoms with Crippen LogP contribution in [0, 0.1) is 23.2 Å². The van der Waals surface area contributed by atoms with Gasteiger partial charge in [-0.2, -0.15) is 0 Å². The number of carbonyl (C=O) groups is 2. The number of benzene rings is 1. The Morgan fingerprint density at radius 3 is 1.74 bits per heavy atom. The first-order valence-electron chi connectivity index (χ1n) is 9.77. The first-order valence-corrected chi connectivity index (χ1v) is 9.77. The molecule has 0 atom stereocenters. The largest absolute Gasteiger partial charge is 0.494 e. The monoisotopic (exact) mass is 372 g/mol. The first-order chi connectivity index (χ1) is 12.9. The van der Waals surface area contributed by atoms with E-state index in [1.807, 2.05) is 0 Å². The molecule has 4 aliphatic rings. The molecule has 0 aliphatic heterocycles. The minimum atomic E-state index is -0.233. The quantitative estimate of drug-likeness (QED) is 0.824. The molecule has 4 fully saturated rings. The predicted octanol–water partition coefficient (Wildman–Crippen LogP) is 3.82. The highest BCUT2D eigenvalue weighted by molar-refractivity contribution is 5.98. The SMILES string of the molecule is COc1cc(NC(=O)C23CC4CC(CC(C4)C2)C3)c(OC)cc1NC(C)=O. The van der Waals surface area contributed by atoms with Crippen LogP contribution in [-0.2, 0) is 9.59 Å². The first kappa shape index (κ1) is 18.1. The van der Waals surface area contributed by atoms with Gasteiger partial charge in [0.25, 0.3) is 0 Å². The van der Waals surface area contributed by atoms with Gasteiger partial charge in [-0.25, -0.2) is 0 Å². The highest BCUT2D eigenvalue weighted by Gasteiger charge is 2.54. The predicted molar refractivity (Wildman–Crippen MR) is 103 cm³/mol. The van der Waals surface area contributed by atoms with Gasteiger partial charge in [0, 0.05) is 19.1 Å². The van der Waals surface area contributed by atoms with Crippen molar-refractivity contribution in [3.63, 3.8) is 0 Å².